The molecule has 186 valence electrons. The second-order valence-corrected chi connectivity index (χ2v) is 10.3. The van der Waals surface area contributed by atoms with Crippen LogP contribution in [0.15, 0.2) is 29.6 Å². The molecule has 0 bridgehead atoms. The molecule has 1 saturated heterocycles. The Labute approximate surface area is 208 Å². The number of amides is 2. The van der Waals surface area contributed by atoms with Crippen LogP contribution in [-0.2, 0) is 4.79 Å². The third-order valence-electron chi connectivity index (χ3n) is 6.82. The molecule has 1 aliphatic carbocycles. The lowest BCUT2D eigenvalue weighted by atomic mass is 9.79. The monoisotopic (exact) mass is 498 g/mol. The largest absolute Gasteiger partial charge is 0.633 e. The van der Waals surface area contributed by atoms with E-state index in [2.05, 4.69) is 15.5 Å². The maximum Gasteiger partial charge on any atom is 0.252 e. The summed E-state index contributed by atoms with van der Waals surface area (Å²) in [6, 6.07) is 8.92. The van der Waals surface area contributed by atoms with Crippen molar-refractivity contribution in [2.45, 2.75) is 37.3 Å². The van der Waals surface area contributed by atoms with Gasteiger partial charge in [0.2, 0.25) is 5.91 Å². The summed E-state index contributed by atoms with van der Waals surface area (Å²) in [6.07, 6.45) is 0.903. The minimum atomic E-state index is -1.15. The van der Waals surface area contributed by atoms with Crippen LogP contribution in [0, 0.1) is 16.5 Å². The number of nitriles is 1. The van der Waals surface area contributed by atoms with E-state index in [1.807, 2.05) is 23.6 Å². The molecule has 0 unspecified atom stereocenters. The Morgan fingerprint density at radius 3 is 2.57 bits per heavy atom. The smallest absolute Gasteiger partial charge is 0.252 e. The number of aliphatic hydroxyl groups is 1. The molecule has 4 rings (SSSR count). The molecule has 10 nitrogen and oxygen atoms in total. The van der Waals surface area contributed by atoms with Gasteiger partial charge in [0.25, 0.3) is 5.91 Å². The maximum atomic E-state index is 13.0. The van der Waals surface area contributed by atoms with Crippen LogP contribution in [0.3, 0.4) is 0 Å². The van der Waals surface area contributed by atoms with Gasteiger partial charge in [0.05, 0.1) is 51.1 Å². The normalized spacial score (nSPS) is 23.8. The van der Waals surface area contributed by atoms with E-state index in [1.54, 1.807) is 19.2 Å². The molecule has 2 amide bonds. The Kier molecular flexibility index (Phi) is 7.37. The minimum absolute atomic E-state index is 0.143. The van der Waals surface area contributed by atoms with E-state index in [9.17, 15) is 19.9 Å². The lowest BCUT2D eigenvalue weighted by Crippen LogP contribution is -2.60. The third kappa shape index (κ3) is 5.79. The lowest BCUT2D eigenvalue weighted by molar-refractivity contribution is -0.861. The van der Waals surface area contributed by atoms with Crippen LogP contribution < -0.4 is 15.5 Å². The highest BCUT2D eigenvalue weighted by atomic mass is 32.1. The molecule has 1 saturated carbocycles. The van der Waals surface area contributed by atoms with Gasteiger partial charge in [0.15, 0.2) is 5.13 Å². The third-order valence-corrected chi connectivity index (χ3v) is 7.72. The Morgan fingerprint density at radius 1 is 1.29 bits per heavy atom. The number of hydrogen-bond acceptors (Lipinski definition) is 8. The molecule has 2 aromatic rings. The number of aliphatic hydroxyl groups excluding tert-OH is 1. The van der Waals surface area contributed by atoms with Gasteiger partial charge < -0.3 is 30.5 Å². The molecular formula is C24H30N6O4S. The summed E-state index contributed by atoms with van der Waals surface area (Å²) in [7, 11) is 1.69. The summed E-state index contributed by atoms with van der Waals surface area (Å²) in [5.74, 6) is -0.786. The molecule has 11 heteroatoms. The van der Waals surface area contributed by atoms with Gasteiger partial charge in [0.1, 0.15) is 12.1 Å². The highest BCUT2D eigenvalue weighted by Gasteiger charge is 2.42. The molecule has 2 fully saturated rings. The fourth-order valence-electron chi connectivity index (χ4n) is 4.50. The maximum absolute atomic E-state index is 13.0. The van der Waals surface area contributed by atoms with E-state index in [1.165, 1.54) is 11.3 Å². The van der Waals surface area contributed by atoms with E-state index < -0.39 is 17.6 Å². The van der Waals surface area contributed by atoms with Crippen LogP contribution >= 0.6 is 11.3 Å². The number of quaternary nitrogens is 1. The second-order valence-electron chi connectivity index (χ2n) is 9.43. The van der Waals surface area contributed by atoms with Crippen LogP contribution in [0.5, 0.6) is 0 Å². The van der Waals surface area contributed by atoms with Gasteiger partial charge in [-0.05, 0) is 37.8 Å². The number of anilines is 1. The summed E-state index contributed by atoms with van der Waals surface area (Å²) >= 11 is 1.53. The first-order valence-electron chi connectivity index (χ1n) is 11.7. The SMILES string of the molecule is C[N+]1([O-])CCN(c2nc(-c3ccc(C(=O)NC4(C(=O)NCC#N)CCC(O)CC4)cc3)cs2)CC1. The molecule has 2 heterocycles. The number of rotatable bonds is 6. The number of nitrogens with one attached hydrogen (secondary N) is 2. The Bertz CT molecular complexity index is 1090. The summed E-state index contributed by atoms with van der Waals surface area (Å²) in [4.78, 5) is 32.6. The van der Waals surface area contributed by atoms with Gasteiger partial charge >= 0.3 is 0 Å². The average Bonchev–Trinajstić information content (AvgIpc) is 3.34. The van der Waals surface area contributed by atoms with Crippen molar-refractivity contribution in [2.24, 2.45) is 0 Å². The summed E-state index contributed by atoms with van der Waals surface area (Å²) < 4.78 is -0.222. The zero-order valence-electron chi connectivity index (χ0n) is 19.7. The number of aromatic nitrogens is 1. The van der Waals surface area contributed by atoms with Crippen molar-refractivity contribution < 1.29 is 19.3 Å². The number of carbonyl (C=O) groups excluding carboxylic acids is 2. The Balaban J connectivity index is 1.43. The predicted molar refractivity (Wildman–Crippen MR) is 132 cm³/mol. The number of hydroxylamine groups is 3. The molecule has 1 aromatic carbocycles. The second kappa shape index (κ2) is 10.3. The molecule has 1 aliphatic heterocycles. The molecule has 3 N–H and O–H groups in total. The fourth-order valence-corrected chi connectivity index (χ4v) is 5.39. The van der Waals surface area contributed by atoms with Crippen LogP contribution in [0.2, 0.25) is 0 Å². The molecule has 1 aromatic heterocycles. The van der Waals surface area contributed by atoms with E-state index in [4.69, 9.17) is 10.2 Å². The van der Waals surface area contributed by atoms with E-state index >= 15 is 0 Å². The number of nitrogens with zero attached hydrogens (tertiary/aromatic N) is 4. The zero-order valence-corrected chi connectivity index (χ0v) is 20.5. The van der Waals surface area contributed by atoms with E-state index in [-0.39, 0.29) is 17.1 Å². The first-order valence-corrected chi connectivity index (χ1v) is 12.6. The molecule has 0 spiro atoms. The van der Waals surface area contributed by atoms with Crippen LogP contribution in [-0.4, -0.2) is 78.0 Å². The van der Waals surface area contributed by atoms with Crippen molar-refractivity contribution in [3.8, 4) is 17.3 Å². The number of carbonyl (C=O) groups is 2. The van der Waals surface area contributed by atoms with Crippen molar-refractivity contribution in [3.05, 3.63) is 40.4 Å². The lowest BCUT2D eigenvalue weighted by Gasteiger charge is -2.45. The predicted octanol–water partition coefficient (Wildman–Crippen LogP) is 1.62. The zero-order chi connectivity index (χ0) is 25.1. The van der Waals surface area contributed by atoms with Crippen LogP contribution in [0.1, 0.15) is 36.0 Å². The fraction of sp³-hybridized carbons (Fsp3) is 0.500. The molecule has 35 heavy (non-hydrogen) atoms. The highest BCUT2D eigenvalue weighted by Crippen LogP contribution is 2.31. The molecule has 0 atom stereocenters. The topological polar surface area (TPSA) is 141 Å². The van der Waals surface area contributed by atoms with Crippen molar-refractivity contribution in [2.75, 3.05) is 44.7 Å². The quantitative estimate of drug-likeness (QED) is 0.312. The van der Waals surface area contributed by atoms with Gasteiger partial charge in [-0.2, -0.15) is 5.26 Å². The minimum Gasteiger partial charge on any atom is -0.633 e. The number of likely N-dealkylation sites (N-methyl/N-ethyl adjacent to an activating group) is 1. The van der Waals surface area contributed by atoms with Crippen molar-refractivity contribution in [1.29, 1.82) is 5.26 Å². The first-order chi connectivity index (χ1) is 16.7. The molecule has 2 aliphatic rings. The van der Waals surface area contributed by atoms with Crippen molar-refractivity contribution >= 4 is 28.3 Å². The highest BCUT2D eigenvalue weighted by molar-refractivity contribution is 7.14. The summed E-state index contributed by atoms with van der Waals surface area (Å²) in [5, 5.41) is 39.0. The average molecular weight is 499 g/mol. The van der Waals surface area contributed by atoms with Gasteiger partial charge in [-0.25, -0.2) is 4.98 Å². The van der Waals surface area contributed by atoms with Gasteiger partial charge in [-0.15, -0.1) is 11.3 Å². The van der Waals surface area contributed by atoms with Gasteiger partial charge in [-0.3, -0.25) is 9.59 Å². The number of piperazine rings is 1. The van der Waals surface area contributed by atoms with E-state index in [0.717, 1.165) is 16.4 Å². The van der Waals surface area contributed by atoms with Gasteiger partial charge in [0, 0.05) is 16.5 Å². The number of thiazole rings is 1. The Hall–Kier alpha value is -3.04. The first kappa shape index (κ1) is 25.1. The summed E-state index contributed by atoms with van der Waals surface area (Å²) in [6.45, 7) is 2.27. The molecule has 0 radical (unpaired) electrons. The van der Waals surface area contributed by atoms with Crippen molar-refractivity contribution in [1.82, 2.24) is 15.6 Å². The number of hydrogen-bond donors (Lipinski definition) is 3. The Morgan fingerprint density at radius 2 is 1.94 bits per heavy atom. The molecular weight excluding hydrogens is 468 g/mol. The van der Waals surface area contributed by atoms with E-state index in [0.29, 0.717) is 57.4 Å². The van der Waals surface area contributed by atoms with Crippen LogP contribution in [0.25, 0.3) is 11.3 Å². The van der Waals surface area contributed by atoms with Gasteiger partial charge in [-0.1, -0.05) is 12.1 Å². The van der Waals surface area contributed by atoms with Crippen molar-refractivity contribution in [3.63, 3.8) is 0 Å². The standard InChI is InChI=1S/C24H30N6O4S/c1-30(34)14-12-29(13-15-30)23-27-20(16-35-23)17-2-4-18(5-3-17)21(32)28-24(22(33)26-11-10-25)8-6-19(31)7-9-24/h2-5,16,19,31H,6-9,11-15H2,1H3,(H,26,33)(H,28,32). The summed E-state index contributed by atoms with van der Waals surface area (Å²) in [5.41, 5.74) is 0.929. The number of benzene rings is 1. The van der Waals surface area contributed by atoms with Crippen LogP contribution in [0.4, 0.5) is 5.13 Å².